The lowest BCUT2D eigenvalue weighted by Crippen LogP contribution is -2.61. The molecule has 0 bridgehead atoms. The van der Waals surface area contributed by atoms with Crippen LogP contribution in [0.4, 0.5) is 0 Å². The largest absolute Gasteiger partial charge is 0.454 e. The van der Waals surface area contributed by atoms with Gasteiger partial charge in [-0.2, -0.15) is 0 Å². The van der Waals surface area contributed by atoms with Crippen molar-refractivity contribution in [3.05, 3.63) is 48.6 Å². The normalized spacial score (nSPS) is 18.4. The van der Waals surface area contributed by atoms with E-state index in [0.29, 0.717) is 12.8 Å². The molecule has 0 aromatic carbocycles. The summed E-state index contributed by atoms with van der Waals surface area (Å²) in [7, 11) is 0. The Kier molecular flexibility index (Phi) is 61.5. The minimum atomic E-state index is -1.61. The predicted molar refractivity (Wildman–Crippen MR) is 370 cm³/mol. The Morgan fingerprint density at radius 1 is 0.443 bits per heavy atom. The summed E-state index contributed by atoms with van der Waals surface area (Å²) in [5.41, 5.74) is 0. The fraction of sp³-hybridized carbons (Fsp3) is 0.870. The number of carbonyl (C=O) groups excluding carboxylic acids is 2. The average Bonchev–Trinajstić information content (AvgIpc) is 2.78. The number of esters is 1. The number of allylic oxidation sites excluding steroid dienone is 7. The van der Waals surface area contributed by atoms with Gasteiger partial charge in [-0.25, -0.2) is 0 Å². The second-order valence-electron chi connectivity index (χ2n) is 26.4. The highest BCUT2D eigenvalue weighted by Gasteiger charge is 2.47. The van der Waals surface area contributed by atoms with Crippen LogP contribution < -0.4 is 5.32 Å². The zero-order chi connectivity index (χ0) is 63.9. The molecule has 0 spiro atoms. The van der Waals surface area contributed by atoms with Crippen LogP contribution in [0, 0.1) is 0 Å². The van der Waals surface area contributed by atoms with Gasteiger partial charge in [-0.3, -0.25) is 9.59 Å². The van der Waals surface area contributed by atoms with Crippen molar-refractivity contribution in [3.63, 3.8) is 0 Å². The summed E-state index contributed by atoms with van der Waals surface area (Å²) in [5, 5.41) is 57.3. The van der Waals surface area contributed by atoms with Crippen LogP contribution in [-0.2, 0) is 23.8 Å². The van der Waals surface area contributed by atoms with Crippen LogP contribution in [0.25, 0.3) is 0 Å². The Balaban J connectivity index is 2.51. The number of aliphatic hydroxyl groups excluding tert-OH is 5. The number of unbranched alkanes of at least 4 members (excludes halogenated alkanes) is 46. The number of hydrogen-bond donors (Lipinski definition) is 6. The van der Waals surface area contributed by atoms with Crippen LogP contribution in [0.15, 0.2) is 48.6 Å². The topological polar surface area (TPSA) is 175 Å². The lowest BCUT2D eigenvalue weighted by Gasteiger charge is -2.41. The first-order valence-electron chi connectivity index (χ1n) is 37.9. The lowest BCUT2D eigenvalue weighted by molar-refractivity contribution is -0.305. The third kappa shape index (κ3) is 51.2. The third-order valence-corrected chi connectivity index (χ3v) is 18.0. The predicted octanol–water partition coefficient (Wildman–Crippen LogP) is 19.9. The Morgan fingerprint density at radius 2 is 0.784 bits per heavy atom. The summed E-state index contributed by atoms with van der Waals surface area (Å²) in [6, 6.07) is -1.03. The van der Waals surface area contributed by atoms with Crippen LogP contribution >= 0.6 is 0 Å². The molecule has 1 amide bonds. The first-order valence-corrected chi connectivity index (χ1v) is 37.9. The first kappa shape index (κ1) is 83.6. The van der Waals surface area contributed by atoms with Crippen molar-refractivity contribution in [2.75, 3.05) is 13.2 Å². The number of rotatable bonds is 66. The van der Waals surface area contributed by atoms with Crippen molar-refractivity contribution in [2.45, 2.75) is 416 Å². The van der Waals surface area contributed by atoms with Gasteiger partial charge in [-0.05, 0) is 64.2 Å². The zero-order valence-corrected chi connectivity index (χ0v) is 57.6. The van der Waals surface area contributed by atoms with E-state index in [0.717, 1.165) is 83.5 Å². The maximum atomic E-state index is 13.5. The molecular formula is C77H143NO10. The molecule has 0 saturated carbocycles. The minimum absolute atomic E-state index is 0.127. The molecular weight excluding hydrogens is 1100 g/mol. The summed E-state index contributed by atoms with van der Waals surface area (Å²) in [5.74, 6) is -1.19. The molecule has 0 radical (unpaired) electrons. The van der Waals surface area contributed by atoms with E-state index in [2.05, 4.69) is 62.5 Å². The number of amides is 1. The summed E-state index contributed by atoms with van der Waals surface area (Å²) in [4.78, 5) is 26.7. The van der Waals surface area contributed by atoms with Gasteiger partial charge < -0.3 is 45.1 Å². The molecule has 1 aliphatic heterocycles. The van der Waals surface area contributed by atoms with Crippen molar-refractivity contribution in [1.82, 2.24) is 5.32 Å². The molecule has 1 saturated heterocycles. The molecule has 0 aromatic heterocycles. The van der Waals surface area contributed by atoms with E-state index in [4.69, 9.17) is 14.2 Å². The summed E-state index contributed by atoms with van der Waals surface area (Å²) in [6.45, 7) is 5.82. The molecule has 1 aliphatic rings. The van der Waals surface area contributed by atoms with Crippen molar-refractivity contribution in [3.8, 4) is 0 Å². The van der Waals surface area contributed by atoms with E-state index in [1.807, 2.05) is 6.08 Å². The van der Waals surface area contributed by atoms with Crippen molar-refractivity contribution in [2.24, 2.45) is 0 Å². The summed E-state index contributed by atoms with van der Waals surface area (Å²) < 4.78 is 17.7. The van der Waals surface area contributed by atoms with Crippen LogP contribution in [0.1, 0.15) is 367 Å². The van der Waals surface area contributed by atoms with E-state index in [9.17, 15) is 35.1 Å². The zero-order valence-electron chi connectivity index (χ0n) is 57.6. The van der Waals surface area contributed by atoms with Gasteiger partial charge in [0.15, 0.2) is 12.4 Å². The monoisotopic (exact) mass is 1240 g/mol. The van der Waals surface area contributed by atoms with Crippen LogP contribution in [0.5, 0.6) is 0 Å². The number of nitrogens with one attached hydrogen (secondary N) is 1. The van der Waals surface area contributed by atoms with Gasteiger partial charge in [0, 0.05) is 6.42 Å². The van der Waals surface area contributed by atoms with E-state index >= 15 is 0 Å². The Labute approximate surface area is 542 Å². The standard InChI is InChI=1S/C77H143NO10/c1-4-7-10-13-16-19-22-25-27-29-31-33-34-35-36-37-38-39-41-43-45-47-50-53-56-59-62-65-72(82)88-75-74(84)73(83)71(66-79)87-77(75)86-67-68(69(80)63-60-57-54-51-48-24-21-18-15-12-9-6-3)78-76(85)70(81)64-61-58-55-52-49-46-44-42-40-32-30-28-26-23-20-17-14-11-8-5-2/h17,20,26,28,32,40,60,63,68-71,73-75,77,79-81,83-84H,4-16,18-19,21-25,27,29-31,33-39,41-59,61-62,64-67H2,1-3H3,(H,78,85)/b20-17-,28-26-,40-32-,63-60+. The number of hydrogen-bond acceptors (Lipinski definition) is 10. The second kappa shape index (κ2) is 64.7. The van der Waals surface area contributed by atoms with E-state index in [1.165, 1.54) is 238 Å². The van der Waals surface area contributed by atoms with E-state index < -0.39 is 67.4 Å². The molecule has 11 nitrogen and oxygen atoms in total. The molecule has 0 aliphatic carbocycles. The molecule has 88 heavy (non-hydrogen) atoms. The molecule has 1 rings (SSSR count). The summed E-state index contributed by atoms with van der Waals surface area (Å²) >= 11 is 0. The Morgan fingerprint density at radius 3 is 1.19 bits per heavy atom. The van der Waals surface area contributed by atoms with E-state index in [-0.39, 0.29) is 19.4 Å². The van der Waals surface area contributed by atoms with Crippen molar-refractivity contribution < 1.29 is 49.3 Å². The molecule has 516 valence electrons. The maximum Gasteiger partial charge on any atom is 0.306 e. The molecule has 1 fully saturated rings. The average molecular weight is 1240 g/mol. The molecule has 8 unspecified atom stereocenters. The molecule has 1 heterocycles. The van der Waals surface area contributed by atoms with Crippen molar-refractivity contribution in [1.29, 1.82) is 0 Å². The molecule has 11 heteroatoms. The van der Waals surface area contributed by atoms with Crippen LogP contribution in [-0.4, -0.2) is 99.6 Å². The van der Waals surface area contributed by atoms with Gasteiger partial charge in [0.05, 0.1) is 25.4 Å². The number of ether oxygens (including phenoxy) is 3. The van der Waals surface area contributed by atoms with Gasteiger partial charge in [-0.15, -0.1) is 0 Å². The van der Waals surface area contributed by atoms with E-state index in [1.54, 1.807) is 6.08 Å². The highest BCUT2D eigenvalue weighted by atomic mass is 16.7. The number of aliphatic hydroxyl groups is 5. The van der Waals surface area contributed by atoms with Crippen molar-refractivity contribution >= 4 is 11.9 Å². The first-order chi connectivity index (χ1) is 43.2. The molecule has 0 aromatic rings. The summed E-state index contributed by atoms with van der Waals surface area (Å²) in [6.07, 6.45) is 71.6. The van der Waals surface area contributed by atoms with Gasteiger partial charge in [0.2, 0.25) is 5.91 Å². The maximum absolute atomic E-state index is 13.5. The number of carbonyl (C=O) groups is 2. The van der Waals surface area contributed by atoms with Gasteiger partial charge in [0.1, 0.15) is 24.4 Å². The highest BCUT2D eigenvalue weighted by molar-refractivity contribution is 5.80. The lowest BCUT2D eigenvalue weighted by atomic mass is 9.99. The van der Waals surface area contributed by atoms with Crippen LogP contribution in [0.3, 0.4) is 0 Å². The molecule has 6 N–H and O–H groups in total. The molecule has 8 atom stereocenters. The van der Waals surface area contributed by atoms with Gasteiger partial charge in [0.25, 0.3) is 0 Å². The highest BCUT2D eigenvalue weighted by Crippen LogP contribution is 2.27. The Bertz CT molecular complexity index is 1620. The fourth-order valence-corrected chi connectivity index (χ4v) is 12.0. The second-order valence-corrected chi connectivity index (χ2v) is 26.4. The Hall–Kier alpha value is -2.38. The SMILES string of the molecule is CCCCC/C=C\C/C=C\C/C=C\CCCCCCCCCC(O)C(=O)NC(COC1OC(CO)C(O)C(O)C1OC(=O)CCCCCCCCCCCCCCCCCCCCCCCCCCCCC)C(O)/C=C/CCCCCCCCCCCC. The minimum Gasteiger partial charge on any atom is -0.454 e. The van der Waals surface area contributed by atoms with Crippen LogP contribution in [0.2, 0.25) is 0 Å². The smallest absolute Gasteiger partial charge is 0.306 e. The quantitative estimate of drug-likeness (QED) is 0.0195. The van der Waals surface area contributed by atoms with Gasteiger partial charge >= 0.3 is 5.97 Å². The fourth-order valence-electron chi connectivity index (χ4n) is 12.0. The van der Waals surface area contributed by atoms with Gasteiger partial charge in [-0.1, -0.05) is 345 Å². The third-order valence-electron chi connectivity index (χ3n) is 18.0.